The Morgan fingerprint density at radius 2 is 1.89 bits per heavy atom. The fourth-order valence-corrected chi connectivity index (χ4v) is 2.48. The van der Waals surface area contributed by atoms with Gasteiger partial charge in [-0.3, -0.25) is 4.79 Å². The molecule has 2 heterocycles. The van der Waals surface area contributed by atoms with Crippen LogP contribution in [0.1, 0.15) is 6.42 Å². The van der Waals surface area contributed by atoms with Crippen molar-refractivity contribution in [1.82, 2.24) is 4.57 Å². The van der Waals surface area contributed by atoms with E-state index in [2.05, 4.69) is 0 Å². The molecule has 1 aromatic heterocycles. The first kappa shape index (κ1) is 12.0. The van der Waals surface area contributed by atoms with Gasteiger partial charge in [0.25, 0.3) is 0 Å². The smallest absolute Gasteiger partial charge is 0.227 e. The number of amides is 1. The van der Waals surface area contributed by atoms with Crippen molar-refractivity contribution in [2.24, 2.45) is 5.92 Å². The molecule has 3 rings (SSSR count). The van der Waals surface area contributed by atoms with Gasteiger partial charge in [-0.1, -0.05) is 6.07 Å². The average Bonchev–Trinajstić information content (AvgIpc) is 3.08. The highest BCUT2D eigenvalue weighted by atomic mass is 16.3. The van der Waals surface area contributed by atoms with Gasteiger partial charge in [-0.2, -0.15) is 0 Å². The van der Waals surface area contributed by atoms with Gasteiger partial charge in [0.05, 0.1) is 0 Å². The molecule has 1 fully saturated rings. The third kappa shape index (κ3) is 2.27. The van der Waals surface area contributed by atoms with Gasteiger partial charge >= 0.3 is 0 Å². The Labute approximate surface area is 111 Å². The third-order valence-electron chi connectivity index (χ3n) is 3.51. The number of nitrogens with zero attached hydrogens (tertiary/aromatic N) is 2. The van der Waals surface area contributed by atoms with E-state index >= 15 is 0 Å². The maximum Gasteiger partial charge on any atom is 0.227 e. The van der Waals surface area contributed by atoms with E-state index in [0.29, 0.717) is 13.0 Å². The molecule has 1 saturated heterocycles. The largest absolute Gasteiger partial charge is 0.396 e. The zero-order valence-corrected chi connectivity index (χ0v) is 10.6. The lowest BCUT2D eigenvalue weighted by Crippen LogP contribution is -2.24. The van der Waals surface area contributed by atoms with Crippen LogP contribution in [-0.2, 0) is 4.79 Å². The number of hydrogen-bond donors (Lipinski definition) is 1. The van der Waals surface area contributed by atoms with Crippen molar-refractivity contribution in [3.8, 4) is 5.69 Å². The molecule has 0 bridgehead atoms. The van der Waals surface area contributed by atoms with Crippen molar-refractivity contribution in [1.29, 1.82) is 0 Å². The van der Waals surface area contributed by atoms with Gasteiger partial charge in [-0.25, -0.2) is 0 Å². The average molecular weight is 256 g/mol. The molecule has 1 atom stereocenters. The molecule has 0 aliphatic carbocycles. The predicted octanol–water partition coefficient (Wildman–Crippen LogP) is 1.82. The molecule has 1 unspecified atom stereocenters. The van der Waals surface area contributed by atoms with Gasteiger partial charge in [-0.15, -0.1) is 0 Å². The molecule has 4 nitrogen and oxygen atoms in total. The van der Waals surface area contributed by atoms with Gasteiger partial charge < -0.3 is 14.6 Å². The van der Waals surface area contributed by atoms with E-state index in [9.17, 15) is 9.90 Å². The van der Waals surface area contributed by atoms with Crippen molar-refractivity contribution < 1.29 is 9.90 Å². The number of benzene rings is 1. The molecule has 1 aliphatic rings. The summed E-state index contributed by atoms with van der Waals surface area (Å²) in [7, 11) is 0. The quantitative estimate of drug-likeness (QED) is 0.910. The Hall–Kier alpha value is -2.07. The number of aromatic nitrogens is 1. The van der Waals surface area contributed by atoms with E-state index < -0.39 is 0 Å². The van der Waals surface area contributed by atoms with Crippen LogP contribution in [0, 0.1) is 5.92 Å². The first-order valence-corrected chi connectivity index (χ1v) is 6.42. The van der Waals surface area contributed by atoms with Crippen molar-refractivity contribution in [2.45, 2.75) is 6.42 Å². The Bertz CT molecular complexity index is 578. The molecule has 1 amide bonds. The second-order valence-corrected chi connectivity index (χ2v) is 4.87. The first-order valence-electron chi connectivity index (χ1n) is 6.42. The molecule has 98 valence electrons. The van der Waals surface area contributed by atoms with E-state index in [1.807, 2.05) is 53.4 Å². The maximum absolute atomic E-state index is 11.9. The van der Waals surface area contributed by atoms with Crippen molar-refractivity contribution >= 4 is 11.6 Å². The molecule has 0 radical (unpaired) electrons. The van der Waals surface area contributed by atoms with Crippen molar-refractivity contribution in [2.75, 3.05) is 18.1 Å². The fraction of sp³-hybridized carbons (Fsp3) is 0.267. The lowest BCUT2D eigenvalue weighted by atomic mass is 10.1. The van der Waals surface area contributed by atoms with Crippen LogP contribution < -0.4 is 4.90 Å². The number of anilines is 1. The summed E-state index contributed by atoms with van der Waals surface area (Å²) >= 11 is 0. The molecular weight excluding hydrogens is 240 g/mol. The summed E-state index contributed by atoms with van der Waals surface area (Å²) in [6.07, 6.45) is 4.38. The lowest BCUT2D eigenvalue weighted by molar-refractivity contribution is -0.117. The molecule has 19 heavy (non-hydrogen) atoms. The molecule has 0 spiro atoms. The summed E-state index contributed by atoms with van der Waals surface area (Å²) in [5.41, 5.74) is 1.93. The van der Waals surface area contributed by atoms with Crippen molar-refractivity contribution in [3.05, 3.63) is 48.8 Å². The lowest BCUT2D eigenvalue weighted by Gasteiger charge is -2.17. The van der Waals surface area contributed by atoms with E-state index in [1.165, 1.54) is 0 Å². The SMILES string of the molecule is O=C1CC(CO)CN1c1cccc(-n2cccc2)c1. The van der Waals surface area contributed by atoms with E-state index in [4.69, 9.17) is 0 Å². The molecule has 2 aromatic rings. The number of carbonyl (C=O) groups is 1. The zero-order valence-electron chi connectivity index (χ0n) is 10.6. The normalized spacial score (nSPS) is 19.1. The van der Waals surface area contributed by atoms with Gasteiger partial charge in [0, 0.05) is 49.3 Å². The molecule has 1 N–H and O–H groups in total. The number of rotatable bonds is 3. The third-order valence-corrected chi connectivity index (χ3v) is 3.51. The highest BCUT2D eigenvalue weighted by Crippen LogP contribution is 2.26. The summed E-state index contributed by atoms with van der Waals surface area (Å²) in [6.45, 7) is 0.671. The minimum Gasteiger partial charge on any atom is -0.396 e. The Morgan fingerprint density at radius 3 is 2.58 bits per heavy atom. The summed E-state index contributed by atoms with van der Waals surface area (Å²) in [4.78, 5) is 13.7. The number of carbonyl (C=O) groups excluding carboxylic acids is 1. The second-order valence-electron chi connectivity index (χ2n) is 4.87. The van der Waals surface area contributed by atoms with Crippen LogP contribution in [0.2, 0.25) is 0 Å². The Morgan fingerprint density at radius 1 is 1.16 bits per heavy atom. The zero-order chi connectivity index (χ0) is 13.2. The number of aliphatic hydroxyl groups excluding tert-OH is 1. The van der Waals surface area contributed by atoms with Crippen LogP contribution >= 0.6 is 0 Å². The van der Waals surface area contributed by atoms with E-state index in [1.54, 1.807) is 4.90 Å². The van der Waals surface area contributed by atoms with Gasteiger partial charge in [-0.05, 0) is 30.3 Å². The number of hydrogen-bond acceptors (Lipinski definition) is 2. The minimum atomic E-state index is 0.0581. The fourth-order valence-electron chi connectivity index (χ4n) is 2.48. The summed E-state index contributed by atoms with van der Waals surface area (Å²) < 4.78 is 2.01. The van der Waals surface area contributed by atoms with Gasteiger partial charge in [0.2, 0.25) is 5.91 Å². The van der Waals surface area contributed by atoms with Crippen LogP contribution in [0.15, 0.2) is 48.8 Å². The van der Waals surface area contributed by atoms with Crippen LogP contribution in [0.25, 0.3) is 5.69 Å². The van der Waals surface area contributed by atoms with Crippen molar-refractivity contribution in [3.63, 3.8) is 0 Å². The van der Waals surface area contributed by atoms with Crippen LogP contribution in [-0.4, -0.2) is 28.7 Å². The highest BCUT2D eigenvalue weighted by Gasteiger charge is 2.30. The summed E-state index contributed by atoms with van der Waals surface area (Å²) in [5.74, 6) is 0.145. The summed E-state index contributed by atoms with van der Waals surface area (Å²) in [5, 5.41) is 9.17. The van der Waals surface area contributed by atoms with Crippen LogP contribution in [0.5, 0.6) is 0 Å². The highest BCUT2D eigenvalue weighted by molar-refractivity contribution is 5.96. The van der Waals surface area contributed by atoms with Crippen LogP contribution in [0.4, 0.5) is 5.69 Å². The minimum absolute atomic E-state index is 0.0581. The monoisotopic (exact) mass is 256 g/mol. The maximum atomic E-state index is 11.9. The first-order chi connectivity index (χ1) is 9.28. The summed E-state index contributed by atoms with van der Waals surface area (Å²) in [6, 6.07) is 11.8. The van der Waals surface area contributed by atoms with E-state index in [-0.39, 0.29) is 18.4 Å². The van der Waals surface area contributed by atoms with Gasteiger partial charge in [0.15, 0.2) is 0 Å². The molecular formula is C15H16N2O2. The Balaban J connectivity index is 1.90. The topological polar surface area (TPSA) is 45.5 Å². The van der Waals surface area contributed by atoms with E-state index in [0.717, 1.165) is 11.4 Å². The van der Waals surface area contributed by atoms with Gasteiger partial charge in [0.1, 0.15) is 0 Å². The Kier molecular flexibility index (Phi) is 3.09. The molecule has 1 aromatic carbocycles. The standard InChI is InChI=1S/C15H16N2O2/c18-11-12-8-15(19)17(10-12)14-5-3-4-13(9-14)16-6-1-2-7-16/h1-7,9,12,18H,8,10-11H2. The van der Waals surface area contributed by atoms with Crippen LogP contribution in [0.3, 0.4) is 0 Å². The molecule has 4 heteroatoms. The number of aliphatic hydroxyl groups is 1. The molecule has 1 aliphatic heterocycles. The predicted molar refractivity (Wildman–Crippen MR) is 73.3 cm³/mol. The molecule has 0 saturated carbocycles. The second kappa shape index (κ2) is 4.90.